The average molecular weight is 335 g/mol. The number of nitrogens with zero attached hydrogens (tertiary/aromatic N) is 1. The van der Waals surface area contributed by atoms with Crippen LogP contribution in [0.4, 0.5) is 16.2 Å². The highest BCUT2D eigenvalue weighted by molar-refractivity contribution is 5.68. The van der Waals surface area contributed by atoms with Crippen molar-refractivity contribution in [2.75, 3.05) is 5.73 Å². The molecule has 2 rings (SSSR count). The number of nitro benzene ring substituents is 1. The number of non-ortho nitro benzene ring substituents is 1. The van der Waals surface area contributed by atoms with Crippen molar-refractivity contribution in [3.05, 3.63) is 33.9 Å². The van der Waals surface area contributed by atoms with E-state index in [2.05, 4.69) is 5.32 Å². The zero-order valence-corrected chi connectivity index (χ0v) is 14.4. The Labute approximate surface area is 141 Å². The molecule has 1 aromatic rings. The van der Waals surface area contributed by atoms with Gasteiger partial charge in [-0.25, -0.2) is 4.79 Å². The minimum atomic E-state index is -0.539. The molecule has 1 aliphatic carbocycles. The van der Waals surface area contributed by atoms with E-state index in [9.17, 15) is 14.9 Å². The Morgan fingerprint density at radius 2 is 2.08 bits per heavy atom. The number of rotatable bonds is 3. The topological polar surface area (TPSA) is 107 Å². The van der Waals surface area contributed by atoms with Crippen molar-refractivity contribution in [1.82, 2.24) is 5.32 Å². The zero-order valence-electron chi connectivity index (χ0n) is 14.4. The van der Waals surface area contributed by atoms with Crippen LogP contribution in [0.3, 0.4) is 0 Å². The Morgan fingerprint density at radius 1 is 1.38 bits per heavy atom. The van der Waals surface area contributed by atoms with Crippen LogP contribution in [0.15, 0.2) is 18.2 Å². The molecule has 1 saturated carbocycles. The number of carbonyl (C=O) groups is 1. The molecule has 1 aromatic carbocycles. The number of carbonyl (C=O) groups excluding carboxylic acids is 1. The number of alkyl carbamates (subject to hydrolysis) is 1. The monoisotopic (exact) mass is 335 g/mol. The first kappa shape index (κ1) is 18.0. The van der Waals surface area contributed by atoms with E-state index in [-0.39, 0.29) is 17.6 Å². The molecule has 2 unspecified atom stereocenters. The molecule has 132 valence electrons. The van der Waals surface area contributed by atoms with Gasteiger partial charge in [0.2, 0.25) is 0 Å². The van der Waals surface area contributed by atoms with E-state index in [1.807, 2.05) is 20.8 Å². The third kappa shape index (κ3) is 4.84. The minimum Gasteiger partial charge on any atom is -0.444 e. The van der Waals surface area contributed by atoms with Gasteiger partial charge >= 0.3 is 6.09 Å². The number of ether oxygens (including phenoxy) is 1. The van der Waals surface area contributed by atoms with Gasteiger partial charge in [-0.2, -0.15) is 0 Å². The van der Waals surface area contributed by atoms with Crippen LogP contribution in [0.5, 0.6) is 0 Å². The molecule has 1 aliphatic rings. The number of hydrogen-bond acceptors (Lipinski definition) is 5. The molecule has 1 fully saturated rings. The van der Waals surface area contributed by atoms with Crippen LogP contribution < -0.4 is 11.1 Å². The fraction of sp³-hybridized carbons (Fsp3) is 0.588. The standard InChI is InChI=1S/C17H25N3O4/c1-17(2,3)24-16(21)19-12-6-4-5-11(9-12)14-10-13(20(22)23)7-8-15(14)18/h7-8,10-12H,4-6,9,18H2,1-3H3,(H,19,21). The highest BCUT2D eigenvalue weighted by Crippen LogP contribution is 2.37. The first-order valence-corrected chi connectivity index (χ1v) is 8.19. The fourth-order valence-electron chi connectivity index (χ4n) is 3.11. The summed E-state index contributed by atoms with van der Waals surface area (Å²) in [5, 5.41) is 13.9. The van der Waals surface area contributed by atoms with Crippen molar-refractivity contribution in [2.24, 2.45) is 0 Å². The predicted molar refractivity (Wildman–Crippen MR) is 91.9 cm³/mol. The lowest BCUT2D eigenvalue weighted by molar-refractivity contribution is -0.384. The van der Waals surface area contributed by atoms with Gasteiger partial charge in [0, 0.05) is 23.9 Å². The Hall–Kier alpha value is -2.31. The quantitative estimate of drug-likeness (QED) is 0.497. The number of nitrogens with two attached hydrogens (primary N) is 1. The SMILES string of the molecule is CC(C)(C)OC(=O)NC1CCCC(c2cc([N+](=O)[O-])ccc2N)C1. The molecule has 0 aromatic heterocycles. The van der Waals surface area contributed by atoms with Crippen molar-refractivity contribution in [2.45, 2.75) is 64.0 Å². The number of benzene rings is 1. The molecule has 0 aliphatic heterocycles. The second-order valence-corrected chi connectivity index (χ2v) is 7.28. The maximum absolute atomic E-state index is 11.9. The van der Waals surface area contributed by atoms with Crippen LogP contribution in [0.2, 0.25) is 0 Å². The summed E-state index contributed by atoms with van der Waals surface area (Å²) in [4.78, 5) is 22.5. The van der Waals surface area contributed by atoms with E-state index in [1.165, 1.54) is 6.07 Å². The summed E-state index contributed by atoms with van der Waals surface area (Å²) in [5.41, 5.74) is 6.87. The highest BCUT2D eigenvalue weighted by Gasteiger charge is 2.28. The first-order valence-electron chi connectivity index (χ1n) is 8.19. The Morgan fingerprint density at radius 3 is 2.71 bits per heavy atom. The normalized spacial score (nSPS) is 21.1. The zero-order chi connectivity index (χ0) is 17.9. The molecule has 0 saturated heterocycles. The highest BCUT2D eigenvalue weighted by atomic mass is 16.6. The van der Waals surface area contributed by atoms with Crippen LogP contribution in [0.25, 0.3) is 0 Å². The molecule has 0 spiro atoms. The van der Waals surface area contributed by atoms with Gasteiger partial charge in [-0.3, -0.25) is 10.1 Å². The van der Waals surface area contributed by atoms with Gasteiger partial charge in [0.05, 0.1) is 4.92 Å². The largest absolute Gasteiger partial charge is 0.444 e. The minimum absolute atomic E-state index is 0.0164. The predicted octanol–water partition coefficient (Wildman–Crippen LogP) is 3.73. The van der Waals surface area contributed by atoms with E-state index in [1.54, 1.807) is 12.1 Å². The van der Waals surface area contributed by atoms with E-state index in [0.717, 1.165) is 24.8 Å². The molecule has 3 N–H and O–H groups in total. The smallest absolute Gasteiger partial charge is 0.407 e. The average Bonchev–Trinajstić information content (AvgIpc) is 2.45. The Bertz CT molecular complexity index is 625. The number of nitrogen functional groups attached to an aromatic ring is 1. The molecular weight excluding hydrogens is 310 g/mol. The molecule has 0 heterocycles. The second kappa shape index (κ2) is 7.07. The summed E-state index contributed by atoms with van der Waals surface area (Å²) >= 11 is 0. The van der Waals surface area contributed by atoms with Gasteiger partial charge in [0.1, 0.15) is 5.60 Å². The summed E-state index contributed by atoms with van der Waals surface area (Å²) < 4.78 is 5.29. The Kier molecular flexibility index (Phi) is 5.31. The van der Waals surface area contributed by atoms with Crippen LogP contribution in [0, 0.1) is 10.1 Å². The summed E-state index contributed by atoms with van der Waals surface area (Å²) in [7, 11) is 0. The second-order valence-electron chi connectivity index (χ2n) is 7.28. The molecule has 0 radical (unpaired) electrons. The summed E-state index contributed by atoms with van der Waals surface area (Å²) in [6.07, 6.45) is 2.96. The number of nitrogens with one attached hydrogen (secondary N) is 1. The van der Waals surface area contributed by atoms with Crippen LogP contribution >= 0.6 is 0 Å². The fourth-order valence-corrected chi connectivity index (χ4v) is 3.11. The lowest BCUT2D eigenvalue weighted by Gasteiger charge is -2.31. The maximum atomic E-state index is 11.9. The number of anilines is 1. The van der Waals surface area contributed by atoms with Crippen LogP contribution in [0.1, 0.15) is 57.9 Å². The van der Waals surface area contributed by atoms with Gasteiger partial charge in [-0.1, -0.05) is 6.42 Å². The van der Waals surface area contributed by atoms with E-state index in [4.69, 9.17) is 10.5 Å². The van der Waals surface area contributed by atoms with Gasteiger partial charge in [0.15, 0.2) is 0 Å². The van der Waals surface area contributed by atoms with E-state index >= 15 is 0 Å². The lowest BCUT2D eigenvalue weighted by atomic mass is 9.80. The number of amides is 1. The summed E-state index contributed by atoms with van der Waals surface area (Å²) in [5.74, 6) is 0.0959. The summed E-state index contributed by atoms with van der Waals surface area (Å²) in [6.45, 7) is 5.46. The van der Waals surface area contributed by atoms with Gasteiger partial charge < -0.3 is 15.8 Å². The third-order valence-corrected chi connectivity index (χ3v) is 4.12. The molecule has 0 bridgehead atoms. The lowest BCUT2D eigenvalue weighted by Crippen LogP contribution is -2.41. The molecule has 2 atom stereocenters. The van der Waals surface area contributed by atoms with Crippen molar-refractivity contribution in [3.8, 4) is 0 Å². The van der Waals surface area contributed by atoms with Gasteiger partial charge in [0.25, 0.3) is 5.69 Å². The van der Waals surface area contributed by atoms with Crippen LogP contribution in [-0.4, -0.2) is 22.7 Å². The van der Waals surface area contributed by atoms with Crippen LogP contribution in [-0.2, 0) is 4.74 Å². The third-order valence-electron chi connectivity index (χ3n) is 4.12. The molecular formula is C17H25N3O4. The molecule has 1 amide bonds. The van der Waals surface area contributed by atoms with Crippen molar-refractivity contribution >= 4 is 17.5 Å². The van der Waals surface area contributed by atoms with Gasteiger partial charge in [-0.05, 0) is 57.6 Å². The maximum Gasteiger partial charge on any atom is 0.407 e. The number of nitro groups is 1. The molecule has 7 heteroatoms. The first-order chi connectivity index (χ1) is 11.2. The van der Waals surface area contributed by atoms with E-state index in [0.29, 0.717) is 12.1 Å². The van der Waals surface area contributed by atoms with Crippen molar-refractivity contribution in [1.29, 1.82) is 0 Å². The van der Waals surface area contributed by atoms with E-state index < -0.39 is 16.6 Å². The van der Waals surface area contributed by atoms with Gasteiger partial charge in [-0.15, -0.1) is 0 Å². The van der Waals surface area contributed by atoms with Crippen molar-refractivity contribution < 1.29 is 14.5 Å². The molecule has 7 nitrogen and oxygen atoms in total. The van der Waals surface area contributed by atoms with Crippen molar-refractivity contribution in [3.63, 3.8) is 0 Å². The molecule has 24 heavy (non-hydrogen) atoms. The Balaban J connectivity index is 2.07. The number of hydrogen-bond donors (Lipinski definition) is 2. The summed E-state index contributed by atoms with van der Waals surface area (Å²) in [6, 6.07) is 4.53.